The first kappa shape index (κ1) is 34.1. The van der Waals surface area contributed by atoms with E-state index in [1.807, 2.05) is 18.2 Å². The topological polar surface area (TPSA) is 23.5 Å². The van der Waals surface area contributed by atoms with Crippen LogP contribution in [0.1, 0.15) is 36.1 Å². The van der Waals surface area contributed by atoms with Crippen molar-refractivity contribution >= 4 is 17.1 Å². The summed E-state index contributed by atoms with van der Waals surface area (Å²) in [6.45, 7) is 8.88. The number of hydrogen-bond acceptors (Lipinski definition) is 2. The first-order valence-corrected chi connectivity index (χ1v) is 19.1. The predicted octanol–water partition coefficient (Wildman–Crippen LogP) is 14.5. The minimum Gasteiger partial charge on any atom is -0.507 e. The van der Waals surface area contributed by atoms with Crippen LogP contribution in [-0.2, 0) is 5.41 Å². The SMILES string of the molecule is Cc1ccc(-c2cccc(-c3ccc(N(c4ccc(-c5ccc(O)c(-c6ccccc6C)c5)cc4)c4ccc5c(c4)C(C)(C)c4ccccc4-5)cc3)c2)cc1. The van der Waals surface area contributed by atoms with E-state index in [1.54, 1.807) is 6.07 Å². The molecular weight excluding hydrogens is 667 g/mol. The van der Waals surface area contributed by atoms with Crippen molar-refractivity contribution in [3.8, 4) is 61.4 Å². The van der Waals surface area contributed by atoms with Crippen molar-refractivity contribution in [2.45, 2.75) is 33.1 Å². The van der Waals surface area contributed by atoms with E-state index in [4.69, 9.17) is 0 Å². The summed E-state index contributed by atoms with van der Waals surface area (Å²) in [4.78, 5) is 2.37. The summed E-state index contributed by atoms with van der Waals surface area (Å²) in [6.07, 6.45) is 0. The lowest BCUT2D eigenvalue weighted by molar-refractivity contribution is 0.477. The van der Waals surface area contributed by atoms with Gasteiger partial charge in [0.1, 0.15) is 5.75 Å². The van der Waals surface area contributed by atoms with Gasteiger partial charge in [0.05, 0.1) is 0 Å². The van der Waals surface area contributed by atoms with Crippen molar-refractivity contribution in [2.75, 3.05) is 4.90 Å². The molecule has 0 aliphatic heterocycles. The first-order valence-electron chi connectivity index (χ1n) is 19.1. The molecule has 0 fully saturated rings. The van der Waals surface area contributed by atoms with Crippen molar-refractivity contribution in [2.24, 2.45) is 0 Å². The lowest BCUT2D eigenvalue weighted by Crippen LogP contribution is -2.16. The molecule has 0 atom stereocenters. The molecule has 2 heteroatoms. The molecule has 55 heavy (non-hydrogen) atoms. The fourth-order valence-electron chi connectivity index (χ4n) is 8.32. The third-order valence-corrected chi connectivity index (χ3v) is 11.4. The summed E-state index contributed by atoms with van der Waals surface area (Å²) in [5.74, 6) is 0.285. The maximum absolute atomic E-state index is 10.9. The highest BCUT2D eigenvalue weighted by Gasteiger charge is 2.35. The Kier molecular flexibility index (Phi) is 8.47. The van der Waals surface area contributed by atoms with Gasteiger partial charge in [-0.3, -0.25) is 0 Å². The van der Waals surface area contributed by atoms with Crippen LogP contribution >= 0.6 is 0 Å². The Morgan fingerprint density at radius 1 is 0.382 bits per heavy atom. The molecule has 0 spiro atoms. The molecule has 0 saturated carbocycles. The minimum absolute atomic E-state index is 0.114. The summed E-state index contributed by atoms with van der Waals surface area (Å²) in [6, 6.07) is 65.1. The molecule has 1 N–H and O–H groups in total. The predicted molar refractivity (Wildman–Crippen MR) is 232 cm³/mol. The molecule has 1 aliphatic rings. The molecule has 0 heterocycles. The van der Waals surface area contributed by atoms with Crippen LogP contribution in [0.15, 0.2) is 182 Å². The molecule has 9 rings (SSSR count). The Bertz CT molecular complexity index is 2680. The van der Waals surface area contributed by atoms with Gasteiger partial charge in [-0.15, -0.1) is 0 Å². The number of anilines is 3. The van der Waals surface area contributed by atoms with E-state index >= 15 is 0 Å². The van der Waals surface area contributed by atoms with Gasteiger partial charge in [-0.2, -0.15) is 0 Å². The zero-order valence-corrected chi connectivity index (χ0v) is 31.7. The quantitative estimate of drug-likeness (QED) is 0.178. The lowest BCUT2D eigenvalue weighted by atomic mass is 9.82. The van der Waals surface area contributed by atoms with Gasteiger partial charge >= 0.3 is 0 Å². The van der Waals surface area contributed by atoms with Crippen LogP contribution in [0, 0.1) is 13.8 Å². The van der Waals surface area contributed by atoms with Gasteiger partial charge in [-0.1, -0.05) is 147 Å². The molecule has 0 unspecified atom stereocenters. The molecule has 266 valence electrons. The normalized spacial score (nSPS) is 12.6. The highest BCUT2D eigenvalue weighted by Crippen LogP contribution is 2.50. The highest BCUT2D eigenvalue weighted by atomic mass is 16.3. The van der Waals surface area contributed by atoms with E-state index in [0.717, 1.165) is 44.9 Å². The largest absolute Gasteiger partial charge is 0.507 e. The van der Waals surface area contributed by atoms with Crippen LogP contribution in [0.4, 0.5) is 17.1 Å². The molecule has 8 aromatic carbocycles. The molecule has 0 saturated heterocycles. The molecule has 1 aliphatic carbocycles. The number of fused-ring (bicyclic) bond motifs is 3. The van der Waals surface area contributed by atoms with Crippen molar-refractivity contribution in [3.63, 3.8) is 0 Å². The van der Waals surface area contributed by atoms with Crippen LogP contribution in [-0.4, -0.2) is 5.11 Å². The van der Waals surface area contributed by atoms with Crippen LogP contribution < -0.4 is 4.90 Å². The third kappa shape index (κ3) is 6.20. The molecule has 0 amide bonds. The smallest absolute Gasteiger partial charge is 0.123 e. The molecule has 0 radical (unpaired) electrons. The van der Waals surface area contributed by atoms with Gasteiger partial charge in [0, 0.05) is 28.0 Å². The van der Waals surface area contributed by atoms with Gasteiger partial charge in [0.25, 0.3) is 0 Å². The van der Waals surface area contributed by atoms with Crippen molar-refractivity contribution in [3.05, 3.63) is 204 Å². The fourth-order valence-corrected chi connectivity index (χ4v) is 8.32. The number of rotatable bonds is 7. The third-order valence-electron chi connectivity index (χ3n) is 11.4. The maximum Gasteiger partial charge on any atom is 0.123 e. The molecule has 0 aromatic heterocycles. The standard InChI is InChI=1S/C53H43NO/c1-35-16-18-37(19-17-35)40-11-9-12-41(32-40)38-20-25-43(26-21-38)54(45-29-30-48-47-14-7-8-15-50(47)53(3,4)51(48)34-45)44-27-22-39(23-28-44)42-24-31-52(55)49(33-42)46-13-6-5-10-36(46)2/h5-34,55H,1-4H3. The van der Waals surface area contributed by atoms with E-state index in [0.29, 0.717) is 0 Å². The second-order valence-electron chi connectivity index (χ2n) is 15.3. The van der Waals surface area contributed by atoms with Gasteiger partial charge in [-0.25, -0.2) is 0 Å². The number of hydrogen-bond donors (Lipinski definition) is 1. The van der Waals surface area contributed by atoms with Crippen LogP contribution in [0.2, 0.25) is 0 Å². The maximum atomic E-state index is 10.9. The summed E-state index contributed by atoms with van der Waals surface area (Å²) < 4.78 is 0. The van der Waals surface area contributed by atoms with Gasteiger partial charge in [0.2, 0.25) is 0 Å². The Morgan fingerprint density at radius 2 is 0.891 bits per heavy atom. The van der Waals surface area contributed by atoms with Crippen molar-refractivity contribution in [1.82, 2.24) is 0 Å². The van der Waals surface area contributed by atoms with Crippen LogP contribution in [0.5, 0.6) is 5.75 Å². The van der Waals surface area contributed by atoms with Crippen LogP contribution in [0.3, 0.4) is 0 Å². The Hall–Kier alpha value is -6.64. The Labute approximate surface area is 324 Å². The summed E-state index contributed by atoms with van der Waals surface area (Å²) >= 11 is 0. The first-order chi connectivity index (χ1) is 26.7. The van der Waals surface area contributed by atoms with Gasteiger partial charge in [0.15, 0.2) is 0 Å². The van der Waals surface area contributed by atoms with E-state index in [2.05, 4.69) is 190 Å². The Balaban J connectivity index is 1.11. The molecule has 2 nitrogen and oxygen atoms in total. The van der Waals surface area contributed by atoms with Crippen molar-refractivity contribution < 1.29 is 5.11 Å². The van der Waals surface area contributed by atoms with E-state index in [1.165, 1.54) is 50.1 Å². The average molecular weight is 710 g/mol. The van der Waals surface area contributed by atoms with Crippen LogP contribution in [0.25, 0.3) is 55.6 Å². The number of aromatic hydroxyl groups is 1. The zero-order valence-electron chi connectivity index (χ0n) is 31.7. The summed E-state index contributed by atoms with van der Waals surface area (Å²) in [5.41, 5.74) is 19.7. The zero-order chi connectivity index (χ0) is 37.7. The van der Waals surface area contributed by atoms with Gasteiger partial charge < -0.3 is 10.0 Å². The number of benzene rings is 8. The Morgan fingerprint density at radius 3 is 1.53 bits per heavy atom. The van der Waals surface area contributed by atoms with E-state index < -0.39 is 0 Å². The molecule has 8 aromatic rings. The second kappa shape index (κ2) is 13.6. The average Bonchev–Trinajstić information content (AvgIpc) is 3.45. The number of aryl methyl sites for hydroxylation is 2. The molecule has 0 bridgehead atoms. The monoisotopic (exact) mass is 709 g/mol. The van der Waals surface area contributed by atoms with E-state index in [-0.39, 0.29) is 11.2 Å². The highest BCUT2D eigenvalue weighted by molar-refractivity contribution is 5.87. The van der Waals surface area contributed by atoms with Crippen molar-refractivity contribution in [1.29, 1.82) is 0 Å². The fraction of sp³-hybridized carbons (Fsp3) is 0.0943. The minimum atomic E-state index is -0.114. The lowest BCUT2D eigenvalue weighted by Gasteiger charge is -2.28. The number of phenolic OH excluding ortho intramolecular Hbond substituents is 1. The second-order valence-corrected chi connectivity index (χ2v) is 15.3. The number of nitrogens with zero attached hydrogens (tertiary/aromatic N) is 1. The molecular formula is C53H43NO. The van der Waals surface area contributed by atoms with Gasteiger partial charge in [-0.05, 0) is 135 Å². The number of phenols is 1. The summed E-state index contributed by atoms with van der Waals surface area (Å²) in [7, 11) is 0. The summed E-state index contributed by atoms with van der Waals surface area (Å²) in [5, 5.41) is 10.9. The van der Waals surface area contributed by atoms with E-state index in [9.17, 15) is 5.11 Å².